The second kappa shape index (κ2) is 11.4. The summed E-state index contributed by atoms with van der Waals surface area (Å²) in [4.78, 5) is 4.04. The van der Waals surface area contributed by atoms with Crippen LogP contribution in [0.4, 0.5) is 13.2 Å². The van der Waals surface area contributed by atoms with Crippen LogP contribution in [-0.4, -0.2) is 80.9 Å². The molecule has 3 rings (SSSR count). The van der Waals surface area contributed by atoms with E-state index in [4.69, 9.17) is 20.6 Å². The van der Waals surface area contributed by atoms with Gasteiger partial charge in [0.25, 0.3) is 0 Å². The van der Waals surface area contributed by atoms with E-state index in [-0.39, 0.29) is 27.7 Å². The van der Waals surface area contributed by atoms with E-state index in [0.717, 1.165) is 18.0 Å². The molecule has 1 aromatic carbocycles. The van der Waals surface area contributed by atoms with Crippen LogP contribution in [-0.2, 0) is 4.74 Å². The minimum atomic E-state index is -1.68. The second-order valence-electron chi connectivity index (χ2n) is 7.07. The monoisotopic (exact) mass is 512 g/mol. The molecule has 3 unspecified atom stereocenters. The molecule has 1 saturated heterocycles. The summed E-state index contributed by atoms with van der Waals surface area (Å²) in [5.74, 6) is 0.780. The number of benzene rings is 1. The van der Waals surface area contributed by atoms with Gasteiger partial charge in [0.2, 0.25) is 5.69 Å². The first-order valence-electron chi connectivity index (χ1n) is 9.80. The largest absolute Gasteiger partial charge is 0.494 e. The molecule has 1 aromatic heterocycles. The fraction of sp³-hybridized carbons (Fsp3) is 0.350. The van der Waals surface area contributed by atoms with Crippen molar-refractivity contribution >= 4 is 23.7 Å². The average Bonchev–Trinajstić information content (AvgIpc) is 2.85. The third-order valence-electron chi connectivity index (χ3n) is 4.94. The Morgan fingerprint density at radius 3 is 2.51 bits per heavy atom. The van der Waals surface area contributed by atoms with Crippen molar-refractivity contribution in [3.05, 3.63) is 46.9 Å². The zero-order valence-corrected chi connectivity index (χ0v) is 18.7. The van der Waals surface area contributed by atoms with Gasteiger partial charge in [-0.25, -0.2) is 13.2 Å². The number of thioether (sulfide) groups is 1. The van der Waals surface area contributed by atoms with Crippen molar-refractivity contribution in [2.24, 2.45) is 15.9 Å². The lowest BCUT2D eigenvalue weighted by Crippen LogP contribution is -2.56. The number of aliphatic hydroxyl groups excluding tert-OH is 3. The molecule has 0 amide bonds. The first-order chi connectivity index (χ1) is 16.7. The van der Waals surface area contributed by atoms with Crippen molar-refractivity contribution in [3.63, 3.8) is 0 Å². The van der Waals surface area contributed by atoms with Crippen molar-refractivity contribution in [3.8, 4) is 11.8 Å². The molecule has 15 heteroatoms. The van der Waals surface area contributed by atoms with Gasteiger partial charge in [-0.2, -0.15) is 10.4 Å². The number of rotatable bonds is 7. The Morgan fingerprint density at radius 2 is 1.94 bits per heavy atom. The number of aromatic nitrogens is 2. The van der Waals surface area contributed by atoms with Crippen LogP contribution in [0.3, 0.4) is 0 Å². The van der Waals surface area contributed by atoms with Gasteiger partial charge < -0.3 is 30.6 Å². The average molecular weight is 512 g/mol. The number of nitrogens with two attached hydrogens (primary N) is 1. The van der Waals surface area contributed by atoms with E-state index in [1.807, 2.05) is 6.07 Å². The molecule has 2 aromatic rings. The van der Waals surface area contributed by atoms with Gasteiger partial charge in [0.05, 0.1) is 13.7 Å². The van der Waals surface area contributed by atoms with Crippen LogP contribution in [0, 0.1) is 28.8 Å². The number of aliphatic hydroxyl groups is 3. The van der Waals surface area contributed by atoms with Crippen molar-refractivity contribution in [1.29, 1.82) is 5.26 Å². The second-order valence-corrected chi connectivity index (χ2v) is 8.19. The van der Waals surface area contributed by atoms with Crippen LogP contribution >= 0.6 is 11.8 Å². The summed E-state index contributed by atoms with van der Waals surface area (Å²) in [7, 11) is 1.33. The molecular weight excluding hydrogens is 493 g/mol. The molecule has 0 spiro atoms. The first-order valence-corrected chi connectivity index (χ1v) is 10.7. The van der Waals surface area contributed by atoms with E-state index in [0.29, 0.717) is 12.1 Å². The van der Waals surface area contributed by atoms with Gasteiger partial charge in [0.1, 0.15) is 46.6 Å². The molecule has 0 aliphatic carbocycles. The van der Waals surface area contributed by atoms with Gasteiger partial charge >= 0.3 is 0 Å². The molecule has 1 fully saturated rings. The fourth-order valence-electron chi connectivity index (χ4n) is 3.15. The van der Waals surface area contributed by atoms with E-state index in [9.17, 15) is 28.5 Å². The molecule has 1 aliphatic heterocycles. The Hall–Kier alpha value is -3.29. The molecule has 11 nitrogen and oxygen atoms in total. The summed E-state index contributed by atoms with van der Waals surface area (Å²) in [5.41, 5.74) is -1.70. The van der Waals surface area contributed by atoms with Gasteiger partial charge in [0, 0.05) is 17.8 Å². The highest BCUT2D eigenvalue weighted by molar-refractivity contribution is 7.99. The number of halogens is 3. The predicted octanol–water partition coefficient (Wildman–Crippen LogP) is 0.108. The predicted molar refractivity (Wildman–Crippen MR) is 116 cm³/mol. The zero-order valence-electron chi connectivity index (χ0n) is 17.9. The summed E-state index contributed by atoms with van der Waals surface area (Å²) >= 11 is 0.861. The molecule has 5 N–H and O–H groups in total. The summed E-state index contributed by atoms with van der Waals surface area (Å²) in [5, 5.41) is 51.1. The first kappa shape index (κ1) is 26.3. The topological polar surface area (TPSA) is 179 Å². The maximum atomic E-state index is 13.6. The van der Waals surface area contributed by atoms with Crippen LogP contribution in [0.15, 0.2) is 33.3 Å². The Morgan fingerprint density at radius 1 is 1.26 bits per heavy atom. The highest BCUT2D eigenvalue weighted by Crippen LogP contribution is 2.34. The SMILES string of the molecule is COc1cc(S[C@H]2OC(CO)[C@H](O)C(N=CC(=NN)c3cc(F)c(F)c(F)c3)C2O)nnc1C#N. The molecule has 0 saturated carbocycles. The third kappa shape index (κ3) is 5.69. The molecular formula is C20H19F3N6O5S. The summed E-state index contributed by atoms with van der Waals surface area (Å²) < 4.78 is 51.1. The van der Waals surface area contributed by atoms with Gasteiger partial charge in [-0.3, -0.25) is 4.99 Å². The van der Waals surface area contributed by atoms with Gasteiger partial charge in [-0.05, 0) is 12.1 Å². The molecule has 35 heavy (non-hydrogen) atoms. The smallest absolute Gasteiger partial charge is 0.204 e. The van der Waals surface area contributed by atoms with Gasteiger partial charge in [-0.15, -0.1) is 10.2 Å². The van der Waals surface area contributed by atoms with Gasteiger partial charge in [-0.1, -0.05) is 11.8 Å². The molecule has 0 bridgehead atoms. The quantitative estimate of drug-likeness (QED) is 0.172. The van der Waals surface area contributed by atoms with Crippen LogP contribution in [0.2, 0.25) is 0 Å². The Kier molecular flexibility index (Phi) is 8.59. The highest BCUT2D eigenvalue weighted by Gasteiger charge is 2.45. The van der Waals surface area contributed by atoms with Crippen LogP contribution < -0.4 is 10.6 Å². The molecule has 1 aliphatic rings. The zero-order chi connectivity index (χ0) is 25.7. The molecule has 2 heterocycles. The highest BCUT2D eigenvalue weighted by atomic mass is 32.2. The van der Waals surface area contributed by atoms with E-state index in [1.165, 1.54) is 13.2 Å². The van der Waals surface area contributed by atoms with Crippen molar-refractivity contribution < 1.29 is 38.0 Å². The van der Waals surface area contributed by atoms with E-state index >= 15 is 0 Å². The number of hydrogen-bond donors (Lipinski definition) is 4. The van der Waals surface area contributed by atoms with E-state index < -0.39 is 53.8 Å². The fourth-order valence-corrected chi connectivity index (χ4v) is 4.15. The Labute approximate surface area is 200 Å². The number of hydrogen-bond acceptors (Lipinski definition) is 12. The van der Waals surface area contributed by atoms with Gasteiger partial charge in [0.15, 0.2) is 23.2 Å². The third-order valence-corrected chi connectivity index (χ3v) is 6.00. The maximum absolute atomic E-state index is 13.6. The molecule has 0 radical (unpaired) electrons. The minimum Gasteiger partial charge on any atom is -0.494 e. The summed E-state index contributed by atoms with van der Waals surface area (Å²) in [6.07, 6.45) is -3.22. The Balaban J connectivity index is 1.87. The number of methoxy groups -OCH3 is 1. The van der Waals surface area contributed by atoms with Crippen LogP contribution in [0.5, 0.6) is 5.75 Å². The van der Waals surface area contributed by atoms with Crippen LogP contribution in [0.1, 0.15) is 11.3 Å². The number of nitriles is 1. The van der Waals surface area contributed by atoms with E-state index in [2.05, 4.69) is 20.3 Å². The van der Waals surface area contributed by atoms with Crippen molar-refractivity contribution in [1.82, 2.24) is 10.2 Å². The van der Waals surface area contributed by atoms with Crippen molar-refractivity contribution in [2.75, 3.05) is 13.7 Å². The number of aliphatic imine (C=N–C) groups is 1. The summed E-state index contributed by atoms with van der Waals surface area (Å²) in [6, 6.07) is 3.19. The Bertz CT molecular complexity index is 1160. The minimum absolute atomic E-state index is 0.0598. The van der Waals surface area contributed by atoms with E-state index in [1.54, 1.807) is 0 Å². The maximum Gasteiger partial charge on any atom is 0.204 e. The molecule has 5 atom stereocenters. The number of nitrogens with zero attached hydrogens (tertiary/aromatic N) is 5. The lowest BCUT2D eigenvalue weighted by molar-refractivity contribution is -0.159. The number of hydrazone groups is 1. The standard InChI is InChI=1S/C20H19F3N6O5S/c1-33-13-4-15(29-28-11(13)5-24)35-20-19(32)17(18(31)14(7-30)34-20)26-6-12(27-25)8-2-9(21)16(23)10(22)3-8/h2-4,6,14,17-20,30-32H,7,25H2,1H3/t14?,17?,18-,19?,20+/m0/s1. The van der Waals surface area contributed by atoms with Crippen molar-refractivity contribution in [2.45, 2.75) is 34.8 Å². The normalized spacial score (nSPS) is 25.0. The summed E-state index contributed by atoms with van der Waals surface area (Å²) in [6.45, 7) is -0.633. The molecule has 186 valence electrons. The lowest BCUT2D eigenvalue weighted by Gasteiger charge is -2.40. The number of ether oxygens (including phenoxy) is 2. The van der Waals surface area contributed by atoms with Crippen LogP contribution in [0.25, 0.3) is 0 Å². The lowest BCUT2D eigenvalue weighted by atomic mass is 9.98.